The van der Waals surface area contributed by atoms with Crippen molar-refractivity contribution in [1.82, 2.24) is 150 Å². The highest BCUT2D eigenvalue weighted by Crippen LogP contribution is 2.25. The third-order valence-electron chi connectivity index (χ3n) is 13.3. The van der Waals surface area contributed by atoms with Crippen LogP contribution in [0.4, 0.5) is 0 Å². The summed E-state index contributed by atoms with van der Waals surface area (Å²) in [7, 11) is 0. The van der Waals surface area contributed by atoms with Crippen molar-refractivity contribution in [3.8, 4) is 0 Å². The zero-order chi connectivity index (χ0) is 91.3. The van der Waals surface area contributed by atoms with E-state index in [1.807, 2.05) is 180 Å². The first-order valence-corrected chi connectivity index (χ1v) is 43.7. The smallest absolute Gasteiger partial charge is 0.180 e. The van der Waals surface area contributed by atoms with E-state index in [4.69, 9.17) is 0 Å². The number of nitrogens with zero attached hydrogens (tertiary/aromatic N) is 24. The molecule has 0 fully saturated rings. The molecule has 26 aromatic rings. The number of thiazole rings is 1. The number of fused-ring (bicyclic) bond motifs is 5. The van der Waals surface area contributed by atoms with Crippen LogP contribution in [0.25, 0.3) is 52.5 Å². The Balaban J connectivity index is 0.000000213. The maximum atomic E-state index is 4.58. The van der Waals surface area contributed by atoms with Crippen molar-refractivity contribution >= 4 is 121 Å². The van der Waals surface area contributed by atoms with Crippen LogP contribution in [0.15, 0.2) is 512 Å². The number of benzene rings is 4. The molecular formula is C92H88N30O3S6. The molecule has 0 bridgehead atoms. The first kappa shape index (κ1) is 103. The van der Waals surface area contributed by atoms with Crippen LogP contribution >= 0.6 is 68.2 Å². The van der Waals surface area contributed by atoms with Gasteiger partial charge in [-0.15, -0.1) is 50.4 Å². The van der Waals surface area contributed by atoms with Gasteiger partial charge in [-0.25, -0.2) is 49.2 Å². The number of imidazole rings is 2. The van der Waals surface area contributed by atoms with Gasteiger partial charge in [0.25, 0.3) is 0 Å². The van der Waals surface area contributed by atoms with Gasteiger partial charge < -0.3 is 33.3 Å². The van der Waals surface area contributed by atoms with Crippen LogP contribution in [0.2, 0.25) is 0 Å². The van der Waals surface area contributed by atoms with E-state index in [0.29, 0.717) is 0 Å². The van der Waals surface area contributed by atoms with Gasteiger partial charge in [-0.3, -0.25) is 35.0 Å². The first-order chi connectivity index (χ1) is 65.3. The molecule has 660 valence electrons. The van der Waals surface area contributed by atoms with E-state index in [1.54, 1.807) is 242 Å². The Kier molecular flexibility index (Phi) is 61.6. The largest absolute Gasteiger partial charge is 0.473 e. The fourth-order valence-electron chi connectivity index (χ4n) is 7.90. The average molecular weight is 1850 g/mol. The Morgan fingerprint density at radius 2 is 0.885 bits per heavy atom. The molecule has 4 aromatic carbocycles. The summed E-state index contributed by atoms with van der Waals surface area (Å²) >= 11 is 10.2. The number of hydrogen-bond donors (Lipinski definition) is 6. The lowest BCUT2D eigenvalue weighted by Crippen LogP contribution is -1.78. The first-order valence-electron chi connectivity index (χ1n) is 38.3. The summed E-state index contributed by atoms with van der Waals surface area (Å²) in [6.45, 7) is 0. The molecule has 0 unspecified atom stereocenters. The van der Waals surface area contributed by atoms with E-state index in [1.165, 1.54) is 98.7 Å². The van der Waals surface area contributed by atoms with Gasteiger partial charge in [-0.2, -0.15) is 47.1 Å². The zero-order valence-electron chi connectivity index (χ0n) is 69.8. The second-order valence-corrected chi connectivity index (χ2v) is 27.4. The van der Waals surface area contributed by atoms with Crippen molar-refractivity contribution in [3.05, 3.63) is 499 Å². The number of thiophene rings is 4. The van der Waals surface area contributed by atoms with E-state index in [0.717, 1.165) is 22.1 Å². The van der Waals surface area contributed by atoms with Crippen molar-refractivity contribution in [2.45, 2.75) is 0 Å². The number of pyridine rings is 1. The highest BCUT2D eigenvalue weighted by Gasteiger charge is 1.93. The van der Waals surface area contributed by atoms with Crippen molar-refractivity contribution in [3.63, 3.8) is 0 Å². The quantitative estimate of drug-likeness (QED) is 0.0821. The number of H-pyrrole nitrogens is 6. The number of furan rings is 1. The predicted octanol–water partition coefficient (Wildman–Crippen LogP) is 21.8. The molecule has 0 saturated heterocycles. The molecular weight excluding hydrogens is 1770 g/mol. The Morgan fingerprint density at radius 3 is 1.24 bits per heavy atom. The molecule has 26 rings (SSSR count). The second-order valence-electron chi connectivity index (χ2n) is 22.3. The fourth-order valence-corrected chi connectivity index (χ4v) is 11.7. The van der Waals surface area contributed by atoms with Gasteiger partial charge in [0.2, 0.25) is 0 Å². The molecule has 0 amide bonds. The van der Waals surface area contributed by atoms with Crippen LogP contribution in [0.1, 0.15) is 0 Å². The van der Waals surface area contributed by atoms with Crippen LogP contribution in [0, 0.1) is 0 Å². The Bertz CT molecular complexity index is 4960. The summed E-state index contributed by atoms with van der Waals surface area (Å²) in [6, 6.07) is 69.1. The predicted molar refractivity (Wildman–Crippen MR) is 520 cm³/mol. The van der Waals surface area contributed by atoms with Gasteiger partial charge in [0, 0.05) is 167 Å². The van der Waals surface area contributed by atoms with Gasteiger partial charge in [0.05, 0.1) is 83.7 Å². The summed E-state index contributed by atoms with van der Waals surface area (Å²) in [5.74, 6) is 0. The van der Waals surface area contributed by atoms with Crippen LogP contribution in [-0.2, 0) is 0 Å². The van der Waals surface area contributed by atoms with Crippen LogP contribution in [-0.4, -0.2) is 150 Å². The minimum Gasteiger partial charge on any atom is -0.473 e. The number of oxazole rings is 1. The Hall–Kier alpha value is -17.2. The van der Waals surface area contributed by atoms with E-state index >= 15 is 0 Å². The highest BCUT2D eigenvalue weighted by molar-refractivity contribution is 7.25. The van der Waals surface area contributed by atoms with Gasteiger partial charge >= 0.3 is 0 Å². The van der Waals surface area contributed by atoms with Gasteiger partial charge in [-0.05, 0) is 183 Å². The van der Waals surface area contributed by atoms with E-state index in [9.17, 15) is 0 Å². The molecule has 33 nitrogen and oxygen atoms in total. The van der Waals surface area contributed by atoms with E-state index < -0.39 is 0 Å². The molecule has 0 saturated carbocycles. The number of aromatic amines is 6. The molecule has 0 aliphatic heterocycles. The fraction of sp³-hybridized carbons (Fsp3) is 0. The molecule has 131 heavy (non-hydrogen) atoms. The monoisotopic (exact) mass is 1850 g/mol. The zero-order valence-corrected chi connectivity index (χ0v) is 74.6. The number of para-hydroxylation sites is 5. The molecule has 0 aliphatic carbocycles. The minimum atomic E-state index is 0.949. The minimum absolute atomic E-state index is 0.949. The SMILES string of the molecule is c1c[nH]cn1.c1cc2sccc2s1.c1cc[nH]c1.c1ccc2[nH]ccc2c1.c1ccc2[nH]cnc2c1.c1ccc2nccnc2c1.c1ccc2sccc2c1.c1ccncc1.c1ccnnc1.c1ccoc1.c1ccsc1.c1cn[nH]c1.c1cn[nH]n1.c1cnccn1.c1cncnc1.c1cnncn1.c1cnoc1.c1cnsc1.c1cocn1.c1cscn1.c1ncncn1. The summed E-state index contributed by atoms with van der Waals surface area (Å²) in [5.41, 5.74) is 7.02. The molecule has 0 aliphatic rings. The van der Waals surface area contributed by atoms with Gasteiger partial charge in [0.15, 0.2) is 6.39 Å². The van der Waals surface area contributed by atoms with Crippen molar-refractivity contribution in [1.29, 1.82) is 0 Å². The molecule has 6 N–H and O–H groups in total. The maximum absolute atomic E-state index is 4.58. The summed E-state index contributed by atoms with van der Waals surface area (Å²) < 4.78 is 21.3. The molecule has 39 heteroatoms. The second kappa shape index (κ2) is 78.7. The van der Waals surface area contributed by atoms with E-state index in [-0.39, 0.29) is 0 Å². The molecule has 22 heterocycles. The number of aromatic nitrogens is 30. The number of nitrogens with one attached hydrogen (secondary N) is 6. The van der Waals surface area contributed by atoms with Crippen LogP contribution in [0.3, 0.4) is 0 Å². The molecule has 0 spiro atoms. The van der Waals surface area contributed by atoms with Crippen molar-refractivity contribution in [2.75, 3.05) is 0 Å². The van der Waals surface area contributed by atoms with Crippen LogP contribution in [0.5, 0.6) is 0 Å². The number of hydrogen-bond acceptors (Lipinski definition) is 33. The van der Waals surface area contributed by atoms with Gasteiger partial charge in [0.1, 0.15) is 44.2 Å². The van der Waals surface area contributed by atoms with Crippen molar-refractivity contribution < 1.29 is 13.4 Å². The molecule has 22 aromatic heterocycles. The lowest BCUT2D eigenvalue weighted by Gasteiger charge is -1.90. The summed E-state index contributed by atoms with van der Waals surface area (Å²) in [6.07, 6.45) is 63.9. The van der Waals surface area contributed by atoms with Gasteiger partial charge in [-0.1, -0.05) is 84.0 Å². The van der Waals surface area contributed by atoms with E-state index in [2.05, 4.69) is 240 Å². The van der Waals surface area contributed by atoms with Crippen LogP contribution < -0.4 is 0 Å². The summed E-state index contributed by atoms with van der Waals surface area (Å²) in [4.78, 5) is 67.9. The summed E-state index contributed by atoms with van der Waals surface area (Å²) in [5, 5.41) is 49.8. The topological polar surface area (TPSA) is 444 Å². The standard InChI is InChI=1S/C8H6N2.C8H7N.C8H6S.C7H6N2.C6H4S2.C5H5N.3C4H4N2.C4H5N.C4H4O.C4H4S.2C3H3N3.2C3H4N2.2C3H3NO.2C3H3NS.C2H3N3/c1-2-4-8-7(3-1)9-5-6-10-8;2*1-2-4-8-7(3-1)5-6-9-8;1-2-4-7-6(3-1)8-5-9-7;1-3-7-6-2-4-8-5(1)6;1-2-4-6-5-3-1;1-2-6-4-3-5-1;1-2-5-4-6-3-1;1-2-4-6-5-3-1;3*1-2-4-5-3-1;1-4-2-6-3-5-1;1-2-5-6-3-4-1;1-2-5-3-4-1;1-2-4-5-3-1;1-2-5-3-4-1;1-2-4-5-3-1;1-2-5-3-4-1;2*1-2-4-5-3-1/h1-6H;1-6,9H;1-6H;1-5H,(H,8,9);1-4H;1-5H;3*1-4H;1-5H;2*1-4H;2*1-3H;2*1-3H,(H,4,5);4*1-3H;1-2H,(H,3,4,5). The van der Waals surface area contributed by atoms with Crippen molar-refractivity contribution in [2.24, 2.45) is 0 Å². The third-order valence-corrected chi connectivity index (χ3v) is 17.8. The Morgan fingerprint density at radius 1 is 0.267 bits per heavy atom. The average Bonchev–Trinajstić information content (AvgIpc) is 1.08. The maximum Gasteiger partial charge on any atom is 0.180 e. The normalized spacial score (nSPS) is 8.76. The lowest BCUT2D eigenvalue weighted by molar-refractivity contribution is 0.420. The highest BCUT2D eigenvalue weighted by atomic mass is 32.1. The third kappa shape index (κ3) is 58.5. The molecule has 0 atom stereocenters. The lowest BCUT2D eigenvalue weighted by atomic mass is 10.3. The molecule has 0 radical (unpaired) electrons. The Labute approximate surface area is 777 Å². The number of rotatable bonds is 0.